The fourth-order valence-corrected chi connectivity index (χ4v) is 5.97. The van der Waals surface area contributed by atoms with E-state index >= 15 is 0 Å². The standard InChI is InChI=1S/C11H24BO13P3/c1-7-3-2-4-11(21-7)23-8-5-10(12)22-9(8)6-20-27(16,17)25-28(18,19)24-26(13,14)15/h7-11H,2-6,12H2,1H3,(H,16,17)(H,18,19)(H2,13,14,15)/t7?,8?,9?,10-,11?/m0/s1. The predicted molar refractivity (Wildman–Crippen MR) is 94.7 cm³/mol. The minimum absolute atomic E-state index is 0.0481. The molecule has 0 aromatic carbocycles. The van der Waals surface area contributed by atoms with Crippen LogP contribution in [0.3, 0.4) is 0 Å². The van der Waals surface area contributed by atoms with Crippen LogP contribution in [0, 0.1) is 0 Å². The van der Waals surface area contributed by atoms with Gasteiger partial charge in [0, 0.05) is 6.00 Å². The van der Waals surface area contributed by atoms with Gasteiger partial charge in [0.05, 0.1) is 18.8 Å². The first-order valence-electron chi connectivity index (χ1n) is 8.49. The topological polar surface area (TPSA) is 188 Å². The van der Waals surface area contributed by atoms with Crippen molar-refractivity contribution in [3.63, 3.8) is 0 Å². The van der Waals surface area contributed by atoms with Gasteiger partial charge in [-0.3, -0.25) is 4.52 Å². The van der Waals surface area contributed by atoms with Gasteiger partial charge in [-0.2, -0.15) is 8.62 Å². The van der Waals surface area contributed by atoms with Crippen molar-refractivity contribution in [2.45, 2.75) is 63.2 Å². The number of ether oxygens (including phenoxy) is 3. The molecule has 4 N–H and O–H groups in total. The molecule has 0 aromatic rings. The summed E-state index contributed by atoms with van der Waals surface area (Å²) < 4.78 is 62.8. The van der Waals surface area contributed by atoms with Crippen LogP contribution in [0.5, 0.6) is 0 Å². The Morgan fingerprint density at radius 1 is 1.04 bits per heavy atom. The molecule has 2 aliphatic rings. The quantitative estimate of drug-likeness (QED) is 0.269. The summed E-state index contributed by atoms with van der Waals surface area (Å²) in [6.07, 6.45) is 1.31. The van der Waals surface area contributed by atoms with E-state index < -0.39 is 48.6 Å². The highest BCUT2D eigenvalue weighted by Gasteiger charge is 2.43. The van der Waals surface area contributed by atoms with Crippen LogP contribution in [0.15, 0.2) is 0 Å². The molecule has 0 bridgehead atoms. The van der Waals surface area contributed by atoms with E-state index in [0.29, 0.717) is 12.8 Å². The molecule has 0 aliphatic carbocycles. The van der Waals surface area contributed by atoms with Crippen LogP contribution in [-0.4, -0.2) is 64.6 Å². The molecule has 2 fully saturated rings. The van der Waals surface area contributed by atoms with Gasteiger partial charge in [0.25, 0.3) is 0 Å². The normalized spacial score (nSPS) is 36.0. The number of hydrogen-bond acceptors (Lipinski definition) is 9. The maximum Gasteiger partial charge on any atom is 0.490 e. The lowest BCUT2D eigenvalue weighted by atomic mass is 9.96. The molecule has 2 rings (SSSR count). The Labute approximate surface area is 162 Å². The van der Waals surface area contributed by atoms with Crippen LogP contribution in [0.4, 0.5) is 0 Å². The summed E-state index contributed by atoms with van der Waals surface area (Å²) in [5.74, 6) is 0. The second-order valence-electron chi connectivity index (χ2n) is 6.59. The van der Waals surface area contributed by atoms with Crippen molar-refractivity contribution < 1.29 is 60.6 Å². The number of phosphoric ester groups is 1. The molecule has 2 heterocycles. The molecule has 0 spiro atoms. The van der Waals surface area contributed by atoms with Crippen molar-refractivity contribution in [1.29, 1.82) is 0 Å². The van der Waals surface area contributed by atoms with Gasteiger partial charge in [0.15, 0.2) is 6.29 Å². The number of rotatable bonds is 9. The zero-order valence-corrected chi connectivity index (χ0v) is 17.9. The SMILES string of the molecule is B[C@@H]1CC(OC2CCCC(C)O2)C(COP(=O)(O)OP(=O)(O)OP(=O)(O)O)O1. The van der Waals surface area contributed by atoms with E-state index in [1.165, 1.54) is 0 Å². The van der Waals surface area contributed by atoms with E-state index in [-0.39, 0.29) is 12.1 Å². The summed E-state index contributed by atoms with van der Waals surface area (Å²) in [5.41, 5.74) is 0. The van der Waals surface area contributed by atoms with Crippen molar-refractivity contribution in [1.82, 2.24) is 0 Å². The zero-order chi connectivity index (χ0) is 21.2. The highest BCUT2D eigenvalue weighted by molar-refractivity contribution is 7.66. The fourth-order valence-electron chi connectivity index (χ4n) is 2.94. The first kappa shape index (κ1) is 24.6. The highest BCUT2D eigenvalue weighted by atomic mass is 31.3. The summed E-state index contributed by atoms with van der Waals surface area (Å²) >= 11 is 0. The molecule has 0 amide bonds. The molecule has 2 saturated heterocycles. The fraction of sp³-hybridized carbons (Fsp3) is 1.00. The van der Waals surface area contributed by atoms with E-state index in [1.807, 2.05) is 6.92 Å². The Morgan fingerprint density at radius 3 is 2.32 bits per heavy atom. The average molecular weight is 468 g/mol. The third-order valence-electron chi connectivity index (χ3n) is 3.96. The molecule has 6 unspecified atom stereocenters. The molecular formula is C11H24BO13P3. The number of phosphoric acid groups is 3. The summed E-state index contributed by atoms with van der Waals surface area (Å²) in [6, 6.07) is -0.236. The summed E-state index contributed by atoms with van der Waals surface area (Å²) in [4.78, 5) is 35.7. The maximum absolute atomic E-state index is 11.8. The maximum atomic E-state index is 11.8. The Morgan fingerprint density at radius 2 is 1.71 bits per heavy atom. The minimum atomic E-state index is -5.55. The molecule has 28 heavy (non-hydrogen) atoms. The molecule has 7 atom stereocenters. The van der Waals surface area contributed by atoms with E-state index in [2.05, 4.69) is 13.1 Å². The minimum Gasteiger partial charge on any atom is -0.379 e. The molecule has 17 heteroatoms. The molecule has 164 valence electrons. The number of hydrogen-bond donors (Lipinski definition) is 4. The van der Waals surface area contributed by atoms with E-state index in [9.17, 15) is 18.6 Å². The Hall–Kier alpha value is 0.355. The lowest BCUT2D eigenvalue weighted by Crippen LogP contribution is -2.36. The molecule has 0 radical (unpaired) electrons. The first-order valence-corrected chi connectivity index (χ1v) is 13.0. The summed E-state index contributed by atoms with van der Waals surface area (Å²) in [5, 5.41) is 0. The van der Waals surface area contributed by atoms with Gasteiger partial charge < -0.3 is 33.8 Å². The third-order valence-corrected chi connectivity index (χ3v) is 7.77. The van der Waals surface area contributed by atoms with Crippen LogP contribution >= 0.6 is 23.5 Å². The zero-order valence-electron chi connectivity index (χ0n) is 15.2. The monoisotopic (exact) mass is 468 g/mol. The van der Waals surface area contributed by atoms with Gasteiger partial charge in [-0.05, 0) is 32.6 Å². The van der Waals surface area contributed by atoms with Gasteiger partial charge in [-0.15, -0.1) is 0 Å². The van der Waals surface area contributed by atoms with E-state index in [4.69, 9.17) is 28.9 Å². The Balaban J connectivity index is 1.90. The van der Waals surface area contributed by atoms with Gasteiger partial charge in [0.2, 0.25) is 0 Å². The van der Waals surface area contributed by atoms with Crippen LogP contribution in [0.2, 0.25) is 0 Å². The van der Waals surface area contributed by atoms with Gasteiger partial charge in [-0.1, -0.05) is 0 Å². The van der Waals surface area contributed by atoms with Crippen LogP contribution in [-0.2, 0) is 41.1 Å². The largest absolute Gasteiger partial charge is 0.490 e. The summed E-state index contributed by atoms with van der Waals surface area (Å²) in [7, 11) is -14.4. The van der Waals surface area contributed by atoms with Crippen LogP contribution in [0.1, 0.15) is 32.6 Å². The van der Waals surface area contributed by atoms with Crippen molar-refractivity contribution >= 4 is 31.3 Å². The molecule has 0 aromatic heterocycles. The van der Waals surface area contributed by atoms with E-state index in [0.717, 1.165) is 12.8 Å². The molecule has 0 saturated carbocycles. The van der Waals surface area contributed by atoms with Crippen molar-refractivity contribution in [2.24, 2.45) is 0 Å². The van der Waals surface area contributed by atoms with Gasteiger partial charge in [-0.25, -0.2) is 13.7 Å². The van der Waals surface area contributed by atoms with Crippen molar-refractivity contribution in [2.75, 3.05) is 6.61 Å². The highest BCUT2D eigenvalue weighted by Crippen LogP contribution is 2.66. The van der Waals surface area contributed by atoms with Crippen LogP contribution in [0.25, 0.3) is 0 Å². The van der Waals surface area contributed by atoms with E-state index in [1.54, 1.807) is 7.85 Å². The summed E-state index contributed by atoms with van der Waals surface area (Å²) in [6.45, 7) is 1.39. The second-order valence-corrected chi connectivity index (χ2v) is 11.0. The second kappa shape index (κ2) is 9.66. The lowest BCUT2D eigenvalue weighted by molar-refractivity contribution is -0.219. The van der Waals surface area contributed by atoms with Crippen molar-refractivity contribution in [3.8, 4) is 0 Å². The average Bonchev–Trinajstić information content (AvgIpc) is 2.81. The van der Waals surface area contributed by atoms with Crippen molar-refractivity contribution in [3.05, 3.63) is 0 Å². The predicted octanol–water partition coefficient (Wildman–Crippen LogP) is 0.378. The molecule has 2 aliphatic heterocycles. The van der Waals surface area contributed by atoms with Gasteiger partial charge in [0.1, 0.15) is 14.0 Å². The Bertz CT molecular complexity index is 670. The lowest BCUT2D eigenvalue weighted by Gasteiger charge is -2.31. The molecular weight excluding hydrogens is 444 g/mol. The third kappa shape index (κ3) is 8.61. The first-order chi connectivity index (χ1) is 12.7. The van der Waals surface area contributed by atoms with Gasteiger partial charge >= 0.3 is 23.5 Å². The smallest absolute Gasteiger partial charge is 0.379 e. The Kier molecular flexibility index (Phi) is 8.49. The van der Waals surface area contributed by atoms with Crippen LogP contribution < -0.4 is 0 Å². The molecule has 13 nitrogen and oxygen atoms in total.